The first-order valence-electron chi connectivity index (χ1n) is 12.8. The highest BCUT2D eigenvalue weighted by Gasteiger charge is 2.52. The molecule has 3 aliphatic rings. The Bertz CT molecular complexity index is 1530. The van der Waals surface area contributed by atoms with Gasteiger partial charge in [0.15, 0.2) is 23.0 Å². The van der Waals surface area contributed by atoms with E-state index in [1.807, 2.05) is 30.3 Å². The summed E-state index contributed by atoms with van der Waals surface area (Å²) in [5.74, 6) is -0.605. The fourth-order valence-electron chi connectivity index (χ4n) is 5.75. The van der Waals surface area contributed by atoms with Crippen LogP contribution in [0.5, 0.6) is 28.7 Å². The minimum atomic E-state index is -0.939. The van der Waals surface area contributed by atoms with Crippen LogP contribution in [0.15, 0.2) is 59.7 Å². The Morgan fingerprint density at radius 1 is 1.00 bits per heavy atom. The van der Waals surface area contributed by atoms with Crippen molar-refractivity contribution in [1.82, 2.24) is 0 Å². The van der Waals surface area contributed by atoms with Crippen molar-refractivity contribution in [2.45, 2.75) is 18.6 Å². The summed E-state index contributed by atoms with van der Waals surface area (Å²) in [6.07, 6.45) is -0.939. The Hall–Kier alpha value is -5.09. The Balaban J connectivity index is 1.40. The lowest BCUT2D eigenvalue weighted by Crippen LogP contribution is -2.34. The fraction of sp³-hybridized carbons (Fsp3) is 0.310. The summed E-state index contributed by atoms with van der Waals surface area (Å²) in [4.78, 5) is 28.8. The molecule has 12 nitrogen and oxygen atoms in total. The molecule has 210 valence electrons. The lowest BCUT2D eigenvalue weighted by molar-refractivity contribution is -0.141. The van der Waals surface area contributed by atoms with Gasteiger partial charge in [0.2, 0.25) is 12.5 Å². The van der Waals surface area contributed by atoms with Crippen LogP contribution in [-0.2, 0) is 20.9 Å². The summed E-state index contributed by atoms with van der Waals surface area (Å²) in [6, 6.07) is 15.5. The van der Waals surface area contributed by atoms with E-state index >= 15 is 0 Å². The number of esters is 1. The van der Waals surface area contributed by atoms with Crippen LogP contribution in [0, 0.1) is 11.8 Å². The molecular weight excluding hydrogens is 534 g/mol. The minimum absolute atomic E-state index is 0.0227. The van der Waals surface area contributed by atoms with Gasteiger partial charge in [-0.15, -0.1) is 0 Å². The van der Waals surface area contributed by atoms with Crippen molar-refractivity contribution in [3.05, 3.63) is 87.3 Å². The van der Waals surface area contributed by atoms with E-state index in [1.54, 1.807) is 24.3 Å². The Morgan fingerprint density at radius 3 is 2.34 bits per heavy atom. The van der Waals surface area contributed by atoms with E-state index in [9.17, 15) is 15.1 Å². The van der Waals surface area contributed by atoms with Crippen LogP contribution in [0.1, 0.15) is 34.2 Å². The fourth-order valence-corrected chi connectivity index (χ4v) is 5.75. The number of carbonyl (C=O) groups is 2. The van der Waals surface area contributed by atoms with Crippen molar-refractivity contribution < 1.29 is 42.7 Å². The molecule has 6 rings (SSSR count). The molecule has 0 spiro atoms. The van der Waals surface area contributed by atoms with Crippen LogP contribution >= 0.6 is 0 Å². The highest BCUT2D eigenvalue weighted by atomic mass is 16.7. The second kappa shape index (κ2) is 10.8. The van der Waals surface area contributed by atoms with Gasteiger partial charge in [0, 0.05) is 16.7 Å². The van der Waals surface area contributed by atoms with Gasteiger partial charge in [0.05, 0.1) is 32.8 Å². The molecule has 3 aromatic rings. The smallest absolute Gasteiger partial charge is 0.493 e. The van der Waals surface area contributed by atoms with Crippen LogP contribution in [0.3, 0.4) is 0 Å². The molecule has 0 N–H and O–H groups in total. The molecule has 1 unspecified atom stereocenters. The van der Waals surface area contributed by atoms with Crippen LogP contribution in [0.4, 0.5) is 4.79 Å². The molecule has 2 aliphatic heterocycles. The lowest BCUT2D eigenvalue weighted by Gasteiger charge is -2.37. The maximum Gasteiger partial charge on any atom is 0.514 e. The Kier molecular flexibility index (Phi) is 6.90. The van der Waals surface area contributed by atoms with E-state index in [-0.39, 0.29) is 37.3 Å². The first kappa shape index (κ1) is 26.1. The molecule has 0 bridgehead atoms. The molecule has 1 fully saturated rings. The number of fused-ring (bicyclic) bond motifs is 3. The quantitative estimate of drug-likeness (QED) is 0.121. The average molecular weight is 560 g/mol. The van der Waals surface area contributed by atoms with E-state index in [1.165, 1.54) is 14.2 Å². The molecule has 0 amide bonds. The third-order valence-corrected chi connectivity index (χ3v) is 7.55. The van der Waals surface area contributed by atoms with Crippen LogP contribution in [0.2, 0.25) is 0 Å². The summed E-state index contributed by atoms with van der Waals surface area (Å²) in [5.41, 5.74) is 12.2. The number of cyclic esters (lactones) is 1. The maximum absolute atomic E-state index is 13.1. The van der Waals surface area contributed by atoms with Gasteiger partial charge in [-0.1, -0.05) is 35.4 Å². The molecule has 1 saturated heterocycles. The van der Waals surface area contributed by atoms with E-state index in [4.69, 9.17) is 33.2 Å². The zero-order valence-electron chi connectivity index (χ0n) is 22.1. The van der Waals surface area contributed by atoms with Gasteiger partial charge in [0.25, 0.3) is 0 Å². The van der Waals surface area contributed by atoms with Gasteiger partial charge in [-0.3, -0.25) is 4.79 Å². The van der Waals surface area contributed by atoms with Crippen molar-refractivity contribution in [3.63, 3.8) is 0 Å². The summed E-state index contributed by atoms with van der Waals surface area (Å²) >= 11 is 0. The van der Waals surface area contributed by atoms with Crippen molar-refractivity contribution in [1.29, 1.82) is 0 Å². The monoisotopic (exact) mass is 559 g/mol. The number of ether oxygens (including phenoxy) is 7. The molecule has 0 aromatic heterocycles. The predicted molar refractivity (Wildman–Crippen MR) is 141 cm³/mol. The average Bonchev–Trinajstić information content (AvgIpc) is 3.62. The van der Waals surface area contributed by atoms with Crippen molar-refractivity contribution >= 4 is 12.1 Å². The van der Waals surface area contributed by atoms with Gasteiger partial charge in [-0.05, 0) is 52.1 Å². The number of carbonyl (C=O) groups excluding carboxylic acids is 2. The Morgan fingerprint density at radius 2 is 1.68 bits per heavy atom. The number of nitrogens with zero attached hydrogens (tertiary/aromatic N) is 3. The zero-order valence-corrected chi connectivity index (χ0v) is 22.1. The van der Waals surface area contributed by atoms with Gasteiger partial charge in [0.1, 0.15) is 6.61 Å². The zero-order chi connectivity index (χ0) is 28.5. The molecule has 2 heterocycles. The lowest BCUT2D eigenvalue weighted by atomic mass is 9.65. The topological polar surface area (TPSA) is 148 Å². The molecule has 4 atom stereocenters. The standard InChI is InChI=1S/C29H25N3O9/c1-35-22-8-16(9-23(36-2)27(22)41-29(34)38-12-15-6-4-3-5-7-15)24-17-10-20-21(40-14-39-20)11-18(17)26(31-32-30)19-13-37-28(33)25(19)24/h3-11,19,24-26H,12-14H2,1-2H3/t19-,24+,25-,26?/m0/s1. The third-order valence-electron chi connectivity index (χ3n) is 7.55. The van der Waals surface area contributed by atoms with Gasteiger partial charge in [-0.2, -0.15) is 0 Å². The number of methoxy groups -OCH3 is 2. The molecule has 0 radical (unpaired) electrons. The van der Waals surface area contributed by atoms with Gasteiger partial charge in [-0.25, -0.2) is 4.79 Å². The van der Waals surface area contributed by atoms with Crippen LogP contribution in [0.25, 0.3) is 10.4 Å². The minimum Gasteiger partial charge on any atom is -0.493 e. The summed E-state index contributed by atoms with van der Waals surface area (Å²) < 4.78 is 38.7. The predicted octanol–water partition coefficient (Wildman–Crippen LogP) is 5.43. The molecular formula is C29H25N3O9. The number of hydrogen-bond donors (Lipinski definition) is 0. The summed E-state index contributed by atoms with van der Waals surface area (Å²) in [5, 5.41) is 4.04. The number of hydrogen-bond acceptors (Lipinski definition) is 10. The SMILES string of the molecule is COc1cc([C@@H]2c3cc4c(cc3C(N=[N+]=[N-])[C@H]3COC(=O)[C@H]23)OCO4)cc(OC)c1OC(=O)OCc1ccccc1. The Labute approximate surface area is 234 Å². The van der Waals surface area contributed by atoms with E-state index in [0.29, 0.717) is 28.2 Å². The van der Waals surface area contributed by atoms with Gasteiger partial charge < -0.3 is 33.2 Å². The van der Waals surface area contributed by atoms with E-state index in [0.717, 1.165) is 5.56 Å². The highest BCUT2D eigenvalue weighted by Crippen LogP contribution is 2.56. The molecule has 0 saturated carbocycles. The molecule has 41 heavy (non-hydrogen) atoms. The van der Waals surface area contributed by atoms with Crippen molar-refractivity contribution in [2.75, 3.05) is 27.6 Å². The molecule has 3 aromatic carbocycles. The summed E-state index contributed by atoms with van der Waals surface area (Å²) in [6.45, 7) is 0.174. The van der Waals surface area contributed by atoms with Crippen LogP contribution in [-0.4, -0.2) is 39.7 Å². The van der Waals surface area contributed by atoms with E-state index < -0.39 is 35.9 Å². The largest absolute Gasteiger partial charge is 0.514 e. The number of azide groups is 1. The second-order valence-electron chi connectivity index (χ2n) is 9.66. The maximum atomic E-state index is 13.1. The second-order valence-corrected chi connectivity index (χ2v) is 9.66. The van der Waals surface area contributed by atoms with Crippen molar-refractivity contribution in [2.24, 2.45) is 17.0 Å². The van der Waals surface area contributed by atoms with Gasteiger partial charge >= 0.3 is 12.1 Å². The van der Waals surface area contributed by atoms with Crippen molar-refractivity contribution in [3.8, 4) is 28.7 Å². The first-order chi connectivity index (χ1) is 20.0. The number of rotatable bonds is 7. The summed E-state index contributed by atoms with van der Waals surface area (Å²) in [7, 11) is 2.86. The molecule has 12 heteroatoms. The third kappa shape index (κ3) is 4.68. The normalized spacial score (nSPS) is 21.6. The highest BCUT2D eigenvalue weighted by molar-refractivity contribution is 5.79. The number of benzene rings is 3. The first-order valence-corrected chi connectivity index (χ1v) is 12.8. The molecule has 1 aliphatic carbocycles. The van der Waals surface area contributed by atoms with E-state index in [2.05, 4.69) is 10.0 Å². The van der Waals surface area contributed by atoms with Crippen LogP contribution < -0.4 is 23.7 Å².